The zero-order valence-electron chi connectivity index (χ0n) is 30.6. The van der Waals surface area contributed by atoms with Crippen LogP contribution in [0.1, 0.15) is 0 Å². The summed E-state index contributed by atoms with van der Waals surface area (Å²) in [6.07, 6.45) is 0. The van der Waals surface area contributed by atoms with E-state index in [2.05, 4.69) is 217 Å². The van der Waals surface area contributed by atoms with E-state index in [4.69, 9.17) is 0 Å². The smallest absolute Gasteiger partial charge is 0.0640 e. The molecule has 0 aliphatic rings. The van der Waals surface area contributed by atoms with Gasteiger partial charge in [0.15, 0.2) is 0 Å². The fourth-order valence-electron chi connectivity index (χ4n) is 8.53. The van der Waals surface area contributed by atoms with Crippen molar-refractivity contribution in [3.63, 3.8) is 0 Å². The molecule has 0 bridgehead atoms. The summed E-state index contributed by atoms with van der Waals surface area (Å²) in [6.45, 7) is 0. The van der Waals surface area contributed by atoms with Crippen LogP contribution in [0.4, 0.5) is 17.1 Å². The number of nitrogens with zero attached hydrogens (tertiary/aromatic N) is 1. The standard InChI is InChI=1S/C54H35NS/c1-3-12-36(13-4-1)42-25-24-37-26-32-45(35-43(37)34-42)55(51-23-11-22-49-50-33-29-39-16-7-8-19-48(39)53(50)56-54(49)51)44-30-27-40(28-31-44)47-21-10-18-41-17-9-20-46(52(41)47)38-14-5-2-6-15-38/h1-35H. The van der Waals surface area contributed by atoms with Crippen molar-refractivity contribution < 1.29 is 0 Å². The lowest BCUT2D eigenvalue weighted by Crippen LogP contribution is -2.10. The molecule has 0 aliphatic heterocycles. The lowest BCUT2D eigenvalue weighted by Gasteiger charge is -2.27. The van der Waals surface area contributed by atoms with Crippen molar-refractivity contribution in [3.8, 4) is 33.4 Å². The molecule has 0 amide bonds. The minimum absolute atomic E-state index is 1.12. The molecular weight excluding hydrogens is 695 g/mol. The first-order valence-corrected chi connectivity index (χ1v) is 20.0. The van der Waals surface area contributed by atoms with E-state index in [-0.39, 0.29) is 0 Å². The summed E-state index contributed by atoms with van der Waals surface area (Å²) in [6, 6.07) is 77.7. The molecule has 10 aromatic carbocycles. The van der Waals surface area contributed by atoms with Gasteiger partial charge in [-0.3, -0.25) is 0 Å². The zero-order chi connectivity index (χ0) is 37.0. The highest BCUT2D eigenvalue weighted by Crippen LogP contribution is 2.47. The Balaban J connectivity index is 1.11. The maximum atomic E-state index is 2.46. The Kier molecular flexibility index (Phi) is 7.75. The zero-order valence-corrected chi connectivity index (χ0v) is 31.4. The fraction of sp³-hybridized carbons (Fsp3) is 0. The monoisotopic (exact) mass is 729 g/mol. The summed E-state index contributed by atoms with van der Waals surface area (Å²) < 4.78 is 2.61. The molecule has 56 heavy (non-hydrogen) atoms. The molecule has 0 radical (unpaired) electrons. The molecule has 1 heterocycles. The lowest BCUT2D eigenvalue weighted by molar-refractivity contribution is 1.31. The lowest BCUT2D eigenvalue weighted by atomic mass is 9.91. The third-order valence-electron chi connectivity index (χ3n) is 11.2. The highest BCUT2D eigenvalue weighted by molar-refractivity contribution is 7.27. The summed E-state index contributed by atoms with van der Waals surface area (Å²) in [5, 5.41) is 10.1. The third kappa shape index (κ3) is 5.46. The van der Waals surface area contributed by atoms with Gasteiger partial charge in [-0.2, -0.15) is 0 Å². The first-order valence-electron chi connectivity index (χ1n) is 19.2. The van der Waals surface area contributed by atoms with E-state index >= 15 is 0 Å². The number of rotatable bonds is 6. The molecule has 0 atom stereocenters. The van der Waals surface area contributed by atoms with E-state index in [0.29, 0.717) is 0 Å². The van der Waals surface area contributed by atoms with Crippen molar-refractivity contribution >= 4 is 80.9 Å². The van der Waals surface area contributed by atoms with Crippen LogP contribution in [-0.4, -0.2) is 0 Å². The van der Waals surface area contributed by atoms with Gasteiger partial charge in [-0.15, -0.1) is 11.3 Å². The molecule has 0 N–H and O–H groups in total. The number of thiophene rings is 1. The number of fused-ring (bicyclic) bond motifs is 7. The molecular formula is C54H35NS. The average molecular weight is 730 g/mol. The van der Waals surface area contributed by atoms with Crippen LogP contribution in [0.3, 0.4) is 0 Å². The van der Waals surface area contributed by atoms with E-state index in [1.165, 1.54) is 91.6 Å². The predicted molar refractivity (Wildman–Crippen MR) is 243 cm³/mol. The Morgan fingerprint density at radius 3 is 1.66 bits per heavy atom. The van der Waals surface area contributed by atoms with E-state index in [9.17, 15) is 0 Å². The Hall–Kier alpha value is -7.00. The largest absolute Gasteiger partial charge is 0.309 e. The van der Waals surface area contributed by atoms with Crippen LogP contribution in [0.25, 0.3) is 85.9 Å². The number of hydrogen-bond donors (Lipinski definition) is 0. The van der Waals surface area contributed by atoms with E-state index in [1.54, 1.807) is 0 Å². The first-order chi connectivity index (χ1) is 27.8. The van der Waals surface area contributed by atoms with Gasteiger partial charge < -0.3 is 4.90 Å². The van der Waals surface area contributed by atoms with Crippen molar-refractivity contribution in [3.05, 3.63) is 212 Å². The van der Waals surface area contributed by atoms with E-state index < -0.39 is 0 Å². The molecule has 262 valence electrons. The fourth-order valence-corrected chi connectivity index (χ4v) is 9.87. The van der Waals surface area contributed by atoms with Gasteiger partial charge in [0.25, 0.3) is 0 Å². The summed E-state index contributed by atoms with van der Waals surface area (Å²) >= 11 is 1.90. The summed E-state index contributed by atoms with van der Waals surface area (Å²) in [5.74, 6) is 0. The van der Waals surface area contributed by atoms with Gasteiger partial charge in [-0.1, -0.05) is 176 Å². The molecule has 2 heteroatoms. The molecule has 0 saturated carbocycles. The maximum Gasteiger partial charge on any atom is 0.0640 e. The predicted octanol–water partition coefficient (Wildman–Crippen LogP) is 16.0. The average Bonchev–Trinajstić information content (AvgIpc) is 3.67. The van der Waals surface area contributed by atoms with Gasteiger partial charge >= 0.3 is 0 Å². The number of anilines is 3. The summed E-state index contributed by atoms with van der Waals surface area (Å²) in [7, 11) is 0. The molecule has 11 aromatic rings. The second-order valence-electron chi connectivity index (χ2n) is 14.5. The highest BCUT2D eigenvalue weighted by atomic mass is 32.1. The maximum absolute atomic E-state index is 2.46. The van der Waals surface area contributed by atoms with Gasteiger partial charge in [0, 0.05) is 26.8 Å². The Bertz CT molecular complexity index is 3230. The molecule has 11 rings (SSSR count). The second kappa shape index (κ2) is 13.4. The van der Waals surface area contributed by atoms with Crippen LogP contribution in [0.5, 0.6) is 0 Å². The van der Waals surface area contributed by atoms with E-state index in [0.717, 1.165) is 11.4 Å². The van der Waals surface area contributed by atoms with E-state index in [1.807, 2.05) is 11.3 Å². The van der Waals surface area contributed by atoms with Crippen LogP contribution in [0.15, 0.2) is 212 Å². The summed E-state index contributed by atoms with van der Waals surface area (Å²) in [5.41, 5.74) is 10.8. The van der Waals surface area contributed by atoms with Gasteiger partial charge in [-0.05, 0) is 102 Å². The quantitative estimate of drug-likeness (QED) is 0.165. The van der Waals surface area contributed by atoms with Gasteiger partial charge in [0.05, 0.1) is 10.4 Å². The Morgan fingerprint density at radius 1 is 0.304 bits per heavy atom. The highest BCUT2D eigenvalue weighted by Gasteiger charge is 2.20. The second-order valence-corrected chi connectivity index (χ2v) is 15.5. The normalized spacial score (nSPS) is 11.6. The molecule has 0 fully saturated rings. The summed E-state index contributed by atoms with van der Waals surface area (Å²) in [4.78, 5) is 2.46. The van der Waals surface area contributed by atoms with Crippen molar-refractivity contribution in [1.29, 1.82) is 0 Å². The molecule has 0 aliphatic carbocycles. The Labute approximate surface area is 330 Å². The van der Waals surface area contributed by atoms with Crippen LogP contribution >= 0.6 is 11.3 Å². The van der Waals surface area contributed by atoms with Crippen molar-refractivity contribution in [1.82, 2.24) is 0 Å². The van der Waals surface area contributed by atoms with Crippen LogP contribution in [-0.2, 0) is 0 Å². The first kappa shape index (κ1) is 32.4. The molecule has 0 spiro atoms. The van der Waals surface area contributed by atoms with Crippen molar-refractivity contribution in [2.45, 2.75) is 0 Å². The van der Waals surface area contributed by atoms with Crippen LogP contribution < -0.4 is 4.90 Å². The van der Waals surface area contributed by atoms with Crippen molar-refractivity contribution in [2.24, 2.45) is 0 Å². The third-order valence-corrected chi connectivity index (χ3v) is 12.5. The Morgan fingerprint density at radius 2 is 0.875 bits per heavy atom. The molecule has 0 unspecified atom stereocenters. The van der Waals surface area contributed by atoms with Gasteiger partial charge in [0.1, 0.15) is 0 Å². The van der Waals surface area contributed by atoms with Gasteiger partial charge in [-0.25, -0.2) is 0 Å². The molecule has 0 saturated heterocycles. The number of hydrogen-bond acceptors (Lipinski definition) is 2. The van der Waals surface area contributed by atoms with Gasteiger partial charge in [0.2, 0.25) is 0 Å². The molecule has 1 nitrogen and oxygen atoms in total. The SMILES string of the molecule is c1ccc(-c2ccc3ccc(N(c4ccc(-c5cccc6cccc(-c7ccccc7)c56)cc4)c4cccc5c4sc4c6ccccc6ccc54)cc3c2)cc1. The van der Waals surface area contributed by atoms with Crippen LogP contribution in [0, 0.1) is 0 Å². The van der Waals surface area contributed by atoms with Crippen LogP contribution in [0.2, 0.25) is 0 Å². The number of benzene rings is 10. The minimum atomic E-state index is 1.12. The topological polar surface area (TPSA) is 3.24 Å². The van der Waals surface area contributed by atoms with Crippen molar-refractivity contribution in [2.75, 3.05) is 4.90 Å². The molecule has 1 aromatic heterocycles. The minimum Gasteiger partial charge on any atom is -0.309 e.